The van der Waals surface area contributed by atoms with E-state index in [9.17, 15) is 27.6 Å². The number of amides is 3. The molecule has 1 aromatic rings. The number of hydrogen-bond acceptors (Lipinski definition) is 4. The lowest BCUT2D eigenvalue weighted by Gasteiger charge is -2.21. The van der Waals surface area contributed by atoms with Gasteiger partial charge in [-0.25, -0.2) is 0 Å². The molecule has 0 aliphatic carbocycles. The summed E-state index contributed by atoms with van der Waals surface area (Å²) < 4.78 is 41.4. The van der Waals surface area contributed by atoms with Crippen molar-refractivity contribution in [2.45, 2.75) is 38.9 Å². The lowest BCUT2D eigenvalue weighted by atomic mass is 10.0. The highest BCUT2D eigenvalue weighted by Gasteiger charge is 2.51. The molecule has 0 aromatic carbocycles. The summed E-state index contributed by atoms with van der Waals surface area (Å²) in [5.41, 5.74) is 7.33. The topological polar surface area (TPSA) is 110 Å². The monoisotopic (exact) mass is 389 g/mol. The molecule has 0 unspecified atom stereocenters. The number of nitrogens with two attached hydrogens (primary N) is 1. The largest absolute Gasteiger partial charge is 0.395 e. The van der Waals surface area contributed by atoms with E-state index in [-0.39, 0.29) is 13.0 Å². The van der Waals surface area contributed by atoms with Gasteiger partial charge >= 0.3 is 18.0 Å². The summed E-state index contributed by atoms with van der Waals surface area (Å²) in [7, 11) is 1.77. The van der Waals surface area contributed by atoms with Gasteiger partial charge in [0.25, 0.3) is 0 Å². The first-order valence-corrected chi connectivity index (χ1v) is 8.35. The Hall–Kier alpha value is -2.59. The molecule has 1 aliphatic rings. The van der Waals surface area contributed by atoms with Crippen molar-refractivity contribution in [3.05, 3.63) is 17.0 Å². The molecule has 8 nitrogen and oxygen atoms in total. The number of carbonyl (C=O) groups excluding carboxylic acids is 3. The van der Waals surface area contributed by atoms with Crippen LogP contribution in [0.1, 0.15) is 23.4 Å². The molecule has 1 fully saturated rings. The van der Waals surface area contributed by atoms with Crippen molar-refractivity contribution in [2.75, 3.05) is 13.1 Å². The van der Waals surface area contributed by atoms with Gasteiger partial charge in [-0.2, -0.15) is 18.3 Å². The Balaban J connectivity index is 2.06. The van der Waals surface area contributed by atoms with Crippen molar-refractivity contribution >= 4 is 17.7 Å². The number of alkyl halides is 3. The van der Waals surface area contributed by atoms with Crippen LogP contribution in [-0.4, -0.2) is 57.7 Å². The van der Waals surface area contributed by atoms with Crippen LogP contribution in [0.3, 0.4) is 0 Å². The van der Waals surface area contributed by atoms with Crippen LogP contribution in [-0.2, 0) is 27.9 Å². The van der Waals surface area contributed by atoms with Crippen LogP contribution in [0.2, 0.25) is 0 Å². The summed E-state index contributed by atoms with van der Waals surface area (Å²) in [6, 6.07) is -1.41. The Labute approximate surface area is 153 Å². The molecule has 2 atom stereocenters. The Morgan fingerprint density at radius 3 is 2.37 bits per heavy atom. The van der Waals surface area contributed by atoms with Crippen molar-refractivity contribution in [3.8, 4) is 0 Å². The number of hydrogen-bond donors (Lipinski definition) is 2. The third-order valence-corrected chi connectivity index (χ3v) is 4.88. The summed E-state index contributed by atoms with van der Waals surface area (Å²) >= 11 is 0. The van der Waals surface area contributed by atoms with Crippen molar-refractivity contribution in [1.29, 1.82) is 0 Å². The van der Waals surface area contributed by atoms with Gasteiger partial charge < -0.3 is 16.0 Å². The first kappa shape index (κ1) is 20.7. The molecule has 3 N–H and O–H groups in total. The van der Waals surface area contributed by atoms with E-state index in [4.69, 9.17) is 5.73 Å². The molecular weight excluding hydrogens is 367 g/mol. The fourth-order valence-corrected chi connectivity index (χ4v) is 3.29. The minimum Gasteiger partial charge on any atom is -0.361 e. The van der Waals surface area contributed by atoms with Gasteiger partial charge in [0.05, 0.1) is 17.7 Å². The highest BCUT2D eigenvalue weighted by molar-refractivity contribution is 6.34. The summed E-state index contributed by atoms with van der Waals surface area (Å²) in [6.07, 6.45) is -4.24. The fraction of sp³-hybridized carbons (Fsp3) is 0.625. The maximum Gasteiger partial charge on any atom is 0.395 e. The normalized spacial score (nSPS) is 20.0. The van der Waals surface area contributed by atoms with Crippen LogP contribution in [0.5, 0.6) is 0 Å². The van der Waals surface area contributed by atoms with Gasteiger partial charge in [-0.1, -0.05) is 0 Å². The highest BCUT2D eigenvalue weighted by atomic mass is 19.4. The molecule has 1 aliphatic heterocycles. The molecule has 150 valence electrons. The maximum atomic E-state index is 13.2. The number of primary amides is 1. The number of nitrogens with zero attached hydrogens (tertiary/aromatic N) is 3. The van der Waals surface area contributed by atoms with Crippen LogP contribution in [0, 0.1) is 19.8 Å². The number of aryl methyl sites for hydroxylation is 2. The Morgan fingerprint density at radius 2 is 1.89 bits per heavy atom. The van der Waals surface area contributed by atoms with E-state index >= 15 is 0 Å². The first-order chi connectivity index (χ1) is 12.4. The quantitative estimate of drug-likeness (QED) is 0.704. The summed E-state index contributed by atoms with van der Waals surface area (Å²) in [4.78, 5) is 35.7. The second kappa shape index (κ2) is 7.57. The van der Waals surface area contributed by atoms with E-state index in [1.807, 2.05) is 12.2 Å². The van der Waals surface area contributed by atoms with Crippen LogP contribution in [0.25, 0.3) is 0 Å². The molecule has 2 heterocycles. The van der Waals surface area contributed by atoms with Crippen LogP contribution >= 0.6 is 0 Å². The third kappa shape index (κ3) is 4.58. The van der Waals surface area contributed by atoms with Crippen molar-refractivity contribution in [2.24, 2.45) is 18.7 Å². The molecule has 2 rings (SSSR count). The highest BCUT2D eigenvalue weighted by Crippen LogP contribution is 2.34. The number of rotatable bonds is 4. The summed E-state index contributed by atoms with van der Waals surface area (Å²) in [5.74, 6) is -5.08. The van der Waals surface area contributed by atoms with Gasteiger partial charge in [0.1, 0.15) is 0 Å². The molecular formula is C16H22F3N5O3. The third-order valence-electron chi connectivity index (χ3n) is 4.88. The van der Waals surface area contributed by atoms with Gasteiger partial charge in [-0.05, 0) is 25.8 Å². The van der Waals surface area contributed by atoms with Crippen molar-refractivity contribution < 1.29 is 27.6 Å². The standard InChI is InChI=1S/C16H22F3N5O3/c1-8-10(9(2)23(3)22-8)4-5-13(25)24-6-11(16(17,18)19)12(7-24)21-15(27)14(20)26/h11-12H,4-7H2,1-3H3,(H2,20,26)(H,21,27)/t11-,12-/m1/s1. The average Bonchev–Trinajstić information content (AvgIpc) is 3.07. The van der Waals surface area contributed by atoms with Gasteiger partial charge in [0.15, 0.2) is 0 Å². The maximum absolute atomic E-state index is 13.2. The van der Waals surface area contributed by atoms with E-state index in [0.717, 1.165) is 21.9 Å². The van der Waals surface area contributed by atoms with Gasteiger partial charge in [-0.3, -0.25) is 19.1 Å². The van der Waals surface area contributed by atoms with Gasteiger partial charge in [0.2, 0.25) is 5.91 Å². The summed E-state index contributed by atoms with van der Waals surface area (Å²) in [6.45, 7) is 2.76. The number of nitrogens with one attached hydrogen (secondary N) is 1. The average molecular weight is 389 g/mol. The number of carbonyl (C=O) groups is 3. The van der Waals surface area contributed by atoms with E-state index in [1.165, 1.54) is 0 Å². The molecule has 1 aromatic heterocycles. The zero-order valence-corrected chi connectivity index (χ0v) is 15.3. The van der Waals surface area contributed by atoms with Crippen LogP contribution < -0.4 is 11.1 Å². The Bertz CT molecular complexity index is 759. The van der Waals surface area contributed by atoms with Gasteiger partial charge in [0, 0.05) is 32.3 Å². The predicted octanol–water partition coefficient (Wildman–Crippen LogP) is -0.0397. The van der Waals surface area contributed by atoms with Crippen LogP contribution in [0.15, 0.2) is 0 Å². The second-order valence-corrected chi connectivity index (χ2v) is 6.66. The lowest BCUT2D eigenvalue weighted by Crippen LogP contribution is -2.49. The second-order valence-electron chi connectivity index (χ2n) is 6.66. The first-order valence-electron chi connectivity index (χ1n) is 8.35. The molecule has 11 heteroatoms. The number of likely N-dealkylation sites (tertiary alicyclic amines) is 1. The molecule has 27 heavy (non-hydrogen) atoms. The number of aromatic nitrogens is 2. The van der Waals surface area contributed by atoms with E-state index in [2.05, 4.69) is 5.10 Å². The Kier molecular flexibility index (Phi) is 5.81. The molecule has 1 saturated heterocycles. The summed E-state index contributed by atoms with van der Waals surface area (Å²) in [5, 5.41) is 6.22. The van der Waals surface area contributed by atoms with E-state index < -0.39 is 42.4 Å². The van der Waals surface area contributed by atoms with E-state index in [0.29, 0.717) is 6.42 Å². The van der Waals surface area contributed by atoms with E-state index in [1.54, 1.807) is 18.7 Å². The molecule has 3 amide bonds. The number of halogens is 3. The van der Waals surface area contributed by atoms with Crippen molar-refractivity contribution in [1.82, 2.24) is 20.0 Å². The predicted molar refractivity (Wildman–Crippen MR) is 88.3 cm³/mol. The molecule has 0 saturated carbocycles. The SMILES string of the molecule is Cc1nn(C)c(C)c1CCC(=O)N1C[C@@H](C(F)(F)F)[C@H](NC(=O)C(N)=O)C1. The lowest BCUT2D eigenvalue weighted by molar-refractivity contribution is -0.176. The smallest absolute Gasteiger partial charge is 0.361 e. The minimum absolute atomic E-state index is 0.0223. The Morgan fingerprint density at radius 1 is 1.26 bits per heavy atom. The molecule has 0 radical (unpaired) electrons. The fourth-order valence-electron chi connectivity index (χ4n) is 3.29. The molecule has 0 spiro atoms. The van der Waals surface area contributed by atoms with Crippen molar-refractivity contribution in [3.63, 3.8) is 0 Å². The zero-order chi connectivity index (χ0) is 20.5. The van der Waals surface area contributed by atoms with Gasteiger partial charge in [-0.15, -0.1) is 0 Å². The zero-order valence-electron chi connectivity index (χ0n) is 15.3. The molecule has 0 bridgehead atoms. The minimum atomic E-state index is -4.62. The van der Waals surface area contributed by atoms with Crippen LogP contribution in [0.4, 0.5) is 13.2 Å².